The van der Waals surface area contributed by atoms with Crippen LogP contribution in [0.1, 0.15) is 56.1 Å². The molecule has 0 fully saturated rings. The molecule has 0 bridgehead atoms. The Labute approximate surface area is 185 Å². The van der Waals surface area contributed by atoms with Gasteiger partial charge in [0, 0.05) is 27.9 Å². The van der Waals surface area contributed by atoms with Gasteiger partial charge in [0.1, 0.15) is 0 Å². The zero-order valence-corrected chi connectivity index (χ0v) is 18.6. The highest BCUT2D eigenvalue weighted by Crippen LogP contribution is 2.30. The SMILES string of the molecule is Cc1cc(C(C)c2ccc(NS(C)(=O)=O)cc2C(=O)O)[nH]c1C(=O)c1ccc(Cl)cc1. The number of carbonyl (C=O) groups is 2. The van der Waals surface area contributed by atoms with Gasteiger partial charge in [-0.3, -0.25) is 9.52 Å². The number of ketones is 1. The van der Waals surface area contributed by atoms with Gasteiger partial charge in [0.2, 0.25) is 15.8 Å². The molecule has 9 heteroatoms. The lowest BCUT2D eigenvalue weighted by Gasteiger charge is -2.15. The average Bonchev–Trinajstić information content (AvgIpc) is 3.08. The van der Waals surface area contributed by atoms with Gasteiger partial charge in [-0.25, -0.2) is 13.2 Å². The summed E-state index contributed by atoms with van der Waals surface area (Å²) < 4.78 is 25.2. The fourth-order valence-electron chi connectivity index (χ4n) is 3.36. The van der Waals surface area contributed by atoms with Gasteiger partial charge in [-0.15, -0.1) is 0 Å². The molecule has 2 aromatic carbocycles. The van der Waals surface area contributed by atoms with E-state index in [0.29, 0.717) is 27.5 Å². The molecule has 1 atom stereocenters. The van der Waals surface area contributed by atoms with E-state index in [2.05, 4.69) is 9.71 Å². The summed E-state index contributed by atoms with van der Waals surface area (Å²) in [7, 11) is -3.54. The Morgan fingerprint density at radius 1 is 1.10 bits per heavy atom. The summed E-state index contributed by atoms with van der Waals surface area (Å²) in [6, 6.07) is 12.7. The molecule has 31 heavy (non-hydrogen) atoms. The summed E-state index contributed by atoms with van der Waals surface area (Å²) in [5, 5.41) is 10.2. The van der Waals surface area contributed by atoms with E-state index in [1.54, 1.807) is 37.3 Å². The molecular formula is C22H21ClN2O5S. The van der Waals surface area contributed by atoms with Crippen molar-refractivity contribution in [2.75, 3.05) is 11.0 Å². The second-order valence-electron chi connectivity index (χ2n) is 7.32. The highest BCUT2D eigenvalue weighted by atomic mass is 35.5. The maximum absolute atomic E-state index is 12.9. The minimum absolute atomic E-state index is 0.0287. The summed E-state index contributed by atoms with van der Waals surface area (Å²) in [5.74, 6) is -1.76. The van der Waals surface area contributed by atoms with E-state index in [9.17, 15) is 23.1 Å². The maximum atomic E-state index is 12.9. The van der Waals surface area contributed by atoms with Crippen molar-refractivity contribution in [3.05, 3.63) is 87.2 Å². The summed E-state index contributed by atoms with van der Waals surface area (Å²) in [4.78, 5) is 27.8. The first-order valence-electron chi connectivity index (χ1n) is 9.31. The van der Waals surface area contributed by atoms with E-state index < -0.39 is 16.0 Å². The Kier molecular flexibility index (Phi) is 6.24. The highest BCUT2D eigenvalue weighted by molar-refractivity contribution is 7.92. The molecule has 1 aromatic heterocycles. The number of halogens is 1. The number of aromatic nitrogens is 1. The van der Waals surface area contributed by atoms with Crippen molar-refractivity contribution in [2.45, 2.75) is 19.8 Å². The van der Waals surface area contributed by atoms with Crippen LogP contribution in [0.3, 0.4) is 0 Å². The third kappa shape index (κ3) is 5.15. The molecule has 3 rings (SSSR count). The predicted octanol–water partition coefficient (Wildman–Crippen LogP) is 4.43. The summed E-state index contributed by atoms with van der Waals surface area (Å²) in [6.07, 6.45) is 0.991. The van der Waals surface area contributed by atoms with Crippen molar-refractivity contribution in [2.24, 2.45) is 0 Å². The Bertz CT molecular complexity index is 1260. The fraction of sp³-hybridized carbons (Fsp3) is 0.182. The molecule has 1 heterocycles. The van der Waals surface area contributed by atoms with Gasteiger partial charge in [-0.05, 0) is 60.5 Å². The van der Waals surface area contributed by atoms with Crippen molar-refractivity contribution in [1.82, 2.24) is 4.98 Å². The van der Waals surface area contributed by atoms with Crippen LogP contribution < -0.4 is 4.72 Å². The molecule has 0 amide bonds. The smallest absolute Gasteiger partial charge is 0.336 e. The number of nitrogens with one attached hydrogen (secondary N) is 2. The van der Waals surface area contributed by atoms with E-state index in [1.165, 1.54) is 12.1 Å². The zero-order chi connectivity index (χ0) is 22.9. The van der Waals surface area contributed by atoms with Crippen LogP contribution in [-0.2, 0) is 10.0 Å². The number of rotatable bonds is 7. The summed E-state index contributed by atoms with van der Waals surface area (Å²) in [5.41, 5.74) is 2.91. The van der Waals surface area contributed by atoms with Crippen LogP contribution in [-0.4, -0.2) is 36.5 Å². The monoisotopic (exact) mass is 460 g/mol. The Hall–Kier alpha value is -3.10. The molecule has 0 saturated heterocycles. The minimum atomic E-state index is -3.54. The average molecular weight is 461 g/mol. The van der Waals surface area contributed by atoms with Crippen LogP contribution in [0.25, 0.3) is 0 Å². The molecule has 7 nitrogen and oxygen atoms in total. The summed E-state index contributed by atoms with van der Waals surface area (Å²) in [6.45, 7) is 3.61. The molecule has 0 saturated carbocycles. The second-order valence-corrected chi connectivity index (χ2v) is 9.51. The van der Waals surface area contributed by atoms with Gasteiger partial charge < -0.3 is 10.1 Å². The predicted molar refractivity (Wildman–Crippen MR) is 120 cm³/mol. The normalized spacial score (nSPS) is 12.4. The first-order valence-corrected chi connectivity index (χ1v) is 11.6. The van der Waals surface area contributed by atoms with Gasteiger partial charge in [-0.1, -0.05) is 24.6 Å². The first-order chi connectivity index (χ1) is 14.5. The molecular weight excluding hydrogens is 440 g/mol. The van der Waals surface area contributed by atoms with Gasteiger partial charge in [-0.2, -0.15) is 0 Å². The number of hydrogen-bond acceptors (Lipinski definition) is 4. The van der Waals surface area contributed by atoms with Crippen LogP contribution in [0.4, 0.5) is 5.69 Å². The molecule has 162 valence electrons. The number of sulfonamides is 1. The van der Waals surface area contributed by atoms with Crippen LogP contribution in [0.2, 0.25) is 5.02 Å². The van der Waals surface area contributed by atoms with E-state index in [0.717, 1.165) is 11.8 Å². The number of carbonyl (C=O) groups excluding carboxylic acids is 1. The molecule has 0 aliphatic carbocycles. The van der Waals surface area contributed by atoms with Gasteiger partial charge in [0.25, 0.3) is 0 Å². The number of carboxylic acids is 1. The quantitative estimate of drug-likeness (QED) is 0.451. The molecule has 3 N–H and O–H groups in total. The van der Waals surface area contributed by atoms with Crippen LogP contribution in [0.5, 0.6) is 0 Å². The Balaban J connectivity index is 1.97. The fourth-order valence-corrected chi connectivity index (χ4v) is 4.04. The maximum Gasteiger partial charge on any atom is 0.336 e. The Morgan fingerprint density at radius 3 is 2.32 bits per heavy atom. The minimum Gasteiger partial charge on any atom is -0.478 e. The van der Waals surface area contributed by atoms with Gasteiger partial charge in [0.15, 0.2) is 0 Å². The lowest BCUT2D eigenvalue weighted by molar-refractivity contribution is 0.0695. The second kappa shape index (κ2) is 8.56. The van der Waals surface area contributed by atoms with Crippen molar-refractivity contribution in [3.8, 4) is 0 Å². The zero-order valence-electron chi connectivity index (χ0n) is 17.1. The number of aromatic amines is 1. The van der Waals surface area contributed by atoms with E-state index in [1.807, 2.05) is 13.0 Å². The van der Waals surface area contributed by atoms with Crippen molar-refractivity contribution < 1.29 is 23.1 Å². The number of aromatic carboxylic acids is 1. The lowest BCUT2D eigenvalue weighted by Crippen LogP contribution is -2.12. The van der Waals surface area contributed by atoms with E-state index in [4.69, 9.17) is 11.6 Å². The molecule has 0 aliphatic rings. The standard InChI is InChI=1S/C22H21ClN2O5S/c1-12-10-19(24-20(12)21(26)14-4-6-15(23)7-5-14)13(2)17-9-8-16(25-31(3,29)30)11-18(17)22(27)28/h4-11,13,24-25H,1-3H3,(H,27,28). The molecule has 1 unspecified atom stereocenters. The third-order valence-electron chi connectivity index (χ3n) is 4.89. The number of aryl methyl sites for hydroxylation is 1. The number of anilines is 1. The van der Waals surface area contributed by atoms with Crippen molar-refractivity contribution in [1.29, 1.82) is 0 Å². The van der Waals surface area contributed by atoms with Gasteiger partial charge >= 0.3 is 5.97 Å². The molecule has 0 aliphatic heterocycles. The number of carboxylic acid groups (broad SMARTS) is 1. The molecule has 3 aromatic rings. The molecule has 0 spiro atoms. The van der Waals surface area contributed by atoms with Crippen LogP contribution in [0, 0.1) is 6.92 Å². The lowest BCUT2D eigenvalue weighted by atomic mass is 9.92. The third-order valence-corrected chi connectivity index (χ3v) is 5.75. The number of H-pyrrole nitrogens is 1. The molecule has 0 radical (unpaired) electrons. The Morgan fingerprint density at radius 2 is 1.74 bits per heavy atom. The van der Waals surface area contributed by atoms with E-state index in [-0.39, 0.29) is 23.0 Å². The largest absolute Gasteiger partial charge is 0.478 e. The van der Waals surface area contributed by atoms with Crippen molar-refractivity contribution >= 4 is 39.1 Å². The first kappa shape index (κ1) is 22.6. The summed E-state index contributed by atoms with van der Waals surface area (Å²) >= 11 is 5.89. The van der Waals surface area contributed by atoms with Crippen LogP contribution in [0.15, 0.2) is 48.5 Å². The van der Waals surface area contributed by atoms with Crippen LogP contribution >= 0.6 is 11.6 Å². The topological polar surface area (TPSA) is 116 Å². The number of hydrogen-bond donors (Lipinski definition) is 3. The van der Waals surface area contributed by atoms with Gasteiger partial charge in [0.05, 0.1) is 17.5 Å². The highest BCUT2D eigenvalue weighted by Gasteiger charge is 2.22. The van der Waals surface area contributed by atoms with E-state index >= 15 is 0 Å². The number of benzene rings is 2. The van der Waals surface area contributed by atoms with Crippen molar-refractivity contribution in [3.63, 3.8) is 0 Å².